The highest BCUT2D eigenvalue weighted by atomic mass is 15.1. The Hall–Kier alpha value is -5.15. The van der Waals surface area contributed by atoms with E-state index in [1.165, 1.54) is 71.1 Å². The molecule has 0 spiro atoms. The normalized spacial score (nSPS) is 11.5. The Labute approximate surface area is 274 Å². The molecule has 0 unspecified atom stereocenters. The molecule has 0 fully saturated rings. The predicted octanol–water partition coefficient (Wildman–Crippen LogP) is 1.62. The average Bonchev–Trinajstić information content (AvgIpc) is 3.50. The fourth-order valence-electron chi connectivity index (χ4n) is 7.43. The van der Waals surface area contributed by atoms with Gasteiger partial charge in [-0.05, 0) is 68.1 Å². The average molecular weight is 582 g/mol. The van der Waals surface area contributed by atoms with E-state index < -0.39 is 0 Å². The Morgan fingerprint density at radius 2 is 0.870 bits per heavy atom. The molecule has 0 saturated heterocycles. The van der Waals surface area contributed by atoms with Crippen LogP contribution in [-0.2, 0) is 0 Å². The quantitative estimate of drug-likeness (QED) is 0.228. The molecule has 0 aliphatic heterocycles. The first-order valence-corrected chi connectivity index (χ1v) is 16.1. The van der Waals surface area contributed by atoms with Crippen LogP contribution >= 0.6 is 0 Å². The third-order valence-corrected chi connectivity index (χ3v) is 10.2. The lowest BCUT2D eigenvalue weighted by atomic mass is 9.59. The van der Waals surface area contributed by atoms with E-state index in [2.05, 4.69) is 171 Å². The van der Waals surface area contributed by atoms with Crippen LogP contribution in [-0.4, -0.2) is 48.8 Å². The monoisotopic (exact) mass is 582 g/mol. The van der Waals surface area contributed by atoms with Crippen LogP contribution in [0.2, 0.25) is 0 Å². The molecule has 1 heterocycles. The van der Waals surface area contributed by atoms with Gasteiger partial charge >= 0.3 is 0 Å². The van der Waals surface area contributed by atoms with E-state index >= 15 is 0 Å². The zero-order valence-electron chi connectivity index (χ0n) is 27.0. The fraction of sp³-hybridized carbons (Fsp3) is 0. The standard InChI is InChI=1S/C39H31B5N2/c40-34-33(35(41)37(43)38(44)36(34)42)32-27-14-6-4-12-25(27)31(26-13-5-7-15-28(26)32)22-18-20-24(21-19-22)46-30-17-9-8-16-29(30)45-39(46)23-10-2-1-3-11-23/h1-21H,40-44H2. The second-order valence-corrected chi connectivity index (χ2v) is 12.5. The molecule has 7 aromatic carbocycles. The van der Waals surface area contributed by atoms with Crippen LogP contribution in [0.1, 0.15) is 0 Å². The van der Waals surface area contributed by atoms with Crippen molar-refractivity contribution < 1.29 is 0 Å². The molecule has 2 nitrogen and oxygen atoms in total. The minimum absolute atomic E-state index is 0.948. The van der Waals surface area contributed by atoms with Crippen LogP contribution in [0.5, 0.6) is 0 Å². The van der Waals surface area contributed by atoms with Crippen molar-refractivity contribution in [1.82, 2.24) is 9.55 Å². The summed E-state index contributed by atoms with van der Waals surface area (Å²) in [6.45, 7) is 0. The molecule has 8 aromatic rings. The van der Waals surface area contributed by atoms with Crippen LogP contribution in [0.4, 0.5) is 0 Å². The molecule has 8 rings (SSSR count). The van der Waals surface area contributed by atoms with Crippen LogP contribution in [0.15, 0.2) is 127 Å². The number of benzene rings is 7. The molecule has 0 saturated carbocycles. The maximum Gasteiger partial charge on any atom is 0.145 e. The highest BCUT2D eigenvalue weighted by Crippen LogP contribution is 2.43. The van der Waals surface area contributed by atoms with E-state index in [1.807, 2.05) is 0 Å². The molecule has 0 N–H and O–H groups in total. The number of imidazole rings is 1. The van der Waals surface area contributed by atoms with E-state index in [1.54, 1.807) is 0 Å². The Balaban J connectivity index is 1.37. The minimum atomic E-state index is 0.948. The summed E-state index contributed by atoms with van der Waals surface area (Å²) < 4.78 is 2.28. The number of hydrogen-bond acceptors (Lipinski definition) is 1. The zero-order valence-corrected chi connectivity index (χ0v) is 27.0. The summed E-state index contributed by atoms with van der Waals surface area (Å²) in [5, 5.41) is 5.13. The van der Waals surface area contributed by atoms with Gasteiger partial charge in [0.15, 0.2) is 0 Å². The van der Waals surface area contributed by atoms with E-state index in [0.29, 0.717) is 0 Å². The molecule has 0 aliphatic rings. The van der Waals surface area contributed by atoms with Gasteiger partial charge in [-0.2, -0.15) is 0 Å². The van der Waals surface area contributed by atoms with Crippen LogP contribution in [0.25, 0.3) is 71.9 Å². The van der Waals surface area contributed by atoms with Crippen molar-refractivity contribution in [1.29, 1.82) is 0 Å². The Bertz CT molecular complexity index is 2380. The molecule has 46 heavy (non-hydrogen) atoms. The Kier molecular flexibility index (Phi) is 6.80. The second kappa shape index (κ2) is 11.0. The van der Waals surface area contributed by atoms with Crippen molar-refractivity contribution in [2.75, 3.05) is 0 Å². The number of hydrogen-bond donors (Lipinski definition) is 0. The number of fused-ring (bicyclic) bond motifs is 3. The summed E-state index contributed by atoms with van der Waals surface area (Å²) in [4.78, 5) is 5.06. The Morgan fingerprint density at radius 1 is 0.391 bits per heavy atom. The lowest BCUT2D eigenvalue weighted by Gasteiger charge is -2.24. The molecule has 0 aliphatic carbocycles. The highest BCUT2D eigenvalue weighted by Gasteiger charge is 2.21. The molecule has 7 heteroatoms. The summed E-state index contributed by atoms with van der Waals surface area (Å²) in [5.74, 6) is 0.948. The van der Waals surface area contributed by atoms with E-state index in [4.69, 9.17) is 4.98 Å². The van der Waals surface area contributed by atoms with Crippen molar-refractivity contribution in [3.05, 3.63) is 127 Å². The van der Waals surface area contributed by atoms with Crippen molar-refractivity contribution in [3.63, 3.8) is 0 Å². The van der Waals surface area contributed by atoms with Crippen LogP contribution < -0.4 is 27.3 Å². The van der Waals surface area contributed by atoms with Gasteiger partial charge in [0.2, 0.25) is 0 Å². The Morgan fingerprint density at radius 3 is 1.46 bits per heavy atom. The topological polar surface area (TPSA) is 17.8 Å². The summed E-state index contributed by atoms with van der Waals surface area (Å²) in [7, 11) is 11.4. The fourth-order valence-corrected chi connectivity index (χ4v) is 7.43. The summed E-state index contributed by atoms with van der Waals surface area (Å²) in [6.07, 6.45) is 0. The third kappa shape index (κ3) is 4.30. The number of rotatable bonds is 4. The van der Waals surface area contributed by atoms with Crippen molar-refractivity contribution in [2.45, 2.75) is 0 Å². The van der Waals surface area contributed by atoms with Gasteiger partial charge in [0, 0.05) is 11.3 Å². The second-order valence-electron chi connectivity index (χ2n) is 12.5. The molecule has 0 bridgehead atoms. The molecule has 0 atom stereocenters. The van der Waals surface area contributed by atoms with Gasteiger partial charge in [0.1, 0.15) is 45.1 Å². The molecule has 1 aromatic heterocycles. The first kappa shape index (κ1) is 28.3. The number of nitrogens with zero attached hydrogens (tertiary/aromatic N) is 2. The van der Waals surface area contributed by atoms with Gasteiger partial charge in [0.25, 0.3) is 0 Å². The highest BCUT2D eigenvalue weighted by molar-refractivity contribution is 6.69. The number of aromatic nitrogens is 2. The maximum absolute atomic E-state index is 5.06. The first-order chi connectivity index (χ1) is 22.4. The maximum atomic E-state index is 5.06. The third-order valence-electron chi connectivity index (χ3n) is 10.2. The van der Waals surface area contributed by atoms with Gasteiger partial charge in [-0.1, -0.05) is 114 Å². The van der Waals surface area contributed by atoms with Gasteiger partial charge in [0.05, 0.1) is 11.0 Å². The van der Waals surface area contributed by atoms with Gasteiger partial charge in [-0.25, -0.2) is 4.98 Å². The first-order valence-electron chi connectivity index (χ1n) is 16.1. The number of para-hydroxylation sites is 2. The SMILES string of the molecule is Bc1c(B)c(B)c(-c2c3ccccc3c(-c3ccc(-n4c(-c5ccccc5)nc5ccccc54)cc3)c3ccccc23)c(B)c1B. The predicted molar refractivity (Wildman–Crippen MR) is 213 cm³/mol. The summed E-state index contributed by atoms with van der Waals surface area (Å²) in [6, 6.07) is 45.8. The van der Waals surface area contributed by atoms with Gasteiger partial charge < -0.3 is 0 Å². The smallest absolute Gasteiger partial charge is 0.145 e. The van der Waals surface area contributed by atoms with E-state index in [-0.39, 0.29) is 0 Å². The van der Waals surface area contributed by atoms with Crippen molar-refractivity contribution in [2.24, 2.45) is 0 Å². The van der Waals surface area contributed by atoms with Gasteiger partial charge in [-0.15, -0.1) is 16.4 Å². The minimum Gasteiger partial charge on any atom is -0.292 e. The molecule has 0 radical (unpaired) electrons. The lowest BCUT2D eigenvalue weighted by Crippen LogP contribution is -2.55. The molecule has 212 valence electrons. The van der Waals surface area contributed by atoms with Crippen LogP contribution in [0, 0.1) is 0 Å². The zero-order chi connectivity index (χ0) is 31.5. The lowest BCUT2D eigenvalue weighted by molar-refractivity contribution is 1.10. The molecule has 0 amide bonds. The van der Waals surface area contributed by atoms with Crippen molar-refractivity contribution in [3.8, 4) is 39.3 Å². The van der Waals surface area contributed by atoms with E-state index in [9.17, 15) is 0 Å². The van der Waals surface area contributed by atoms with Gasteiger partial charge in [-0.3, -0.25) is 4.57 Å². The summed E-state index contributed by atoms with van der Waals surface area (Å²) >= 11 is 0. The molecular weight excluding hydrogens is 551 g/mol. The van der Waals surface area contributed by atoms with E-state index in [0.717, 1.165) is 28.1 Å². The van der Waals surface area contributed by atoms with Crippen molar-refractivity contribution >= 4 is 99.1 Å². The molecular formula is C39H31B5N2. The summed E-state index contributed by atoms with van der Waals surface area (Å²) in [5.41, 5.74) is 16.4. The van der Waals surface area contributed by atoms with Crippen LogP contribution in [0.3, 0.4) is 0 Å². The largest absolute Gasteiger partial charge is 0.292 e.